The van der Waals surface area contributed by atoms with E-state index in [0.717, 1.165) is 53.4 Å². The average Bonchev–Trinajstić information content (AvgIpc) is 3.40. The van der Waals surface area contributed by atoms with E-state index in [2.05, 4.69) is 5.32 Å². The van der Waals surface area contributed by atoms with Gasteiger partial charge in [0.1, 0.15) is 24.0 Å². The summed E-state index contributed by atoms with van der Waals surface area (Å²) in [5.74, 6) is -0.855. The number of benzene rings is 2. The second-order valence-electron chi connectivity index (χ2n) is 9.75. The van der Waals surface area contributed by atoms with Gasteiger partial charge in [-0.3, -0.25) is 24.0 Å². The minimum atomic E-state index is -4.09. The van der Waals surface area contributed by atoms with Crippen molar-refractivity contribution in [1.82, 2.24) is 10.2 Å². The van der Waals surface area contributed by atoms with Gasteiger partial charge in [-0.1, -0.05) is 44.0 Å². The third-order valence-electron chi connectivity index (χ3n) is 7.01. The number of nitro benzene ring substituents is 1. The lowest BCUT2D eigenvalue weighted by molar-refractivity contribution is -0.384. The van der Waals surface area contributed by atoms with Crippen molar-refractivity contribution in [2.45, 2.75) is 64.6 Å². The number of methoxy groups -OCH3 is 1. The first-order valence-corrected chi connectivity index (χ1v) is 14.8. The molecular weight excluding hydrogens is 524 g/mol. The van der Waals surface area contributed by atoms with Crippen LogP contribution in [0.1, 0.15) is 50.2 Å². The lowest BCUT2D eigenvalue weighted by atomic mass is 10.1. The zero-order valence-corrected chi connectivity index (χ0v) is 23.6. The van der Waals surface area contributed by atoms with Crippen LogP contribution in [0.3, 0.4) is 0 Å². The van der Waals surface area contributed by atoms with Gasteiger partial charge >= 0.3 is 0 Å². The summed E-state index contributed by atoms with van der Waals surface area (Å²) >= 11 is 0. The van der Waals surface area contributed by atoms with E-state index in [1.54, 1.807) is 6.92 Å². The number of non-ortho nitro benzene ring substituents is 1. The fourth-order valence-corrected chi connectivity index (χ4v) is 5.68. The highest BCUT2D eigenvalue weighted by Gasteiger charge is 2.34. The molecule has 0 spiro atoms. The van der Waals surface area contributed by atoms with Crippen molar-refractivity contribution in [3.8, 4) is 5.75 Å². The number of anilines is 1. The zero-order valence-electron chi connectivity index (χ0n) is 22.8. The molecule has 12 heteroatoms. The Labute approximate surface area is 229 Å². The van der Waals surface area contributed by atoms with Gasteiger partial charge in [-0.25, -0.2) is 8.42 Å². The summed E-state index contributed by atoms with van der Waals surface area (Å²) in [6, 6.07) is 10.2. The molecule has 0 saturated heterocycles. The van der Waals surface area contributed by atoms with E-state index in [0.29, 0.717) is 6.42 Å². The molecule has 1 aliphatic rings. The lowest BCUT2D eigenvalue weighted by Crippen LogP contribution is -2.53. The molecule has 212 valence electrons. The summed E-state index contributed by atoms with van der Waals surface area (Å²) in [4.78, 5) is 39.5. The molecule has 1 atom stereocenters. The monoisotopic (exact) mass is 560 g/mol. The SMILES string of the molecule is CC[C@@H](C(=O)NC1CCCC1)N(Cc1ccccc1C)C(=O)CN(c1cc([N+](=O)[O-])ccc1OC)S(C)(=O)=O. The van der Waals surface area contributed by atoms with Gasteiger partial charge in [0.25, 0.3) is 5.69 Å². The highest BCUT2D eigenvalue weighted by atomic mass is 32.2. The van der Waals surface area contributed by atoms with Gasteiger partial charge in [0.05, 0.1) is 18.3 Å². The van der Waals surface area contributed by atoms with Crippen LogP contribution in [-0.4, -0.2) is 62.0 Å². The molecular formula is C27H36N4O7S. The second-order valence-corrected chi connectivity index (χ2v) is 11.7. The molecule has 0 aromatic heterocycles. The minimum absolute atomic E-state index is 0.0450. The number of ether oxygens (including phenoxy) is 1. The smallest absolute Gasteiger partial charge is 0.271 e. The molecule has 0 aliphatic heterocycles. The highest BCUT2D eigenvalue weighted by Crippen LogP contribution is 2.34. The van der Waals surface area contributed by atoms with Crippen LogP contribution in [-0.2, 0) is 26.2 Å². The number of amides is 2. The van der Waals surface area contributed by atoms with Gasteiger partial charge < -0.3 is 15.0 Å². The normalized spacial score (nSPS) is 14.5. The maximum Gasteiger partial charge on any atom is 0.271 e. The Hall–Kier alpha value is -3.67. The number of hydrogen-bond acceptors (Lipinski definition) is 7. The number of nitrogens with zero attached hydrogens (tertiary/aromatic N) is 3. The van der Waals surface area contributed by atoms with Crippen LogP contribution in [0.15, 0.2) is 42.5 Å². The molecule has 1 saturated carbocycles. The van der Waals surface area contributed by atoms with Crippen LogP contribution in [0, 0.1) is 17.0 Å². The fraction of sp³-hybridized carbons (Fsp3) is 0.481. The Kier molecular flexibility index (Phi) is 9.90. The molecule has 2 aromatic carbocycles. The number of nitro groups is 1. The van der Waals surface area contributed by atoms with Crippen molar-refractivity contribution in [2.75, 3.05) is 24.2 Å². The summed E-state index contributed by atoms with van der Waals surface area (Å²) in [5, 5.41) is 14.5. The van der Waals surface area contributed by atoms with Crippen molar-refractivity contribution in [3.05, 3.63) is 63.7 Å². The minimum Gasteiger partial charge on any atom is -0.495 e. The number of hydrogen-bond donors (Lipinski definition) is 1. The summed E-state index contributed by atoms with van der Waals surface area (Å²) in [5.41, 5.74) is 1.24. The average molecular weight is 561 g/mol. The number of carbonyl (C=O) groups is 2. The number of carbonyl (C=O) groups excluding carboxylic acids is 2. The quantitative estimate of drug-likeness (QED) is 0.309. The molecule has 0 radical (unpaired) electrons. The van der Waals surface area contributed by atoms with Crippen LogP contribution in [0.2, 0.25) is 0 Å². The topological polar surface area (TPSA) is 139 Å². The molecule has 1 N–H and O–H groups in total. The highest BCUT2D eigenvalue weighted by molar-refractivity contribution is 7.92. The third kappa shape index (κ3) is 7.47. The number of nitrogens with one attached hydrogen (secondary N) is 1. The lowest BCUT2D eigenvalue weighted by Gasteiger charge is -2.34. The Morgan fingerprint density at radius 2 is 1.85 bits per heavy atom. The van der Waals surface area contributed by atoms with Gasteiger partial charge in [0, 0.05) is 24.7 Å². The van der Waals surface area contributed by atoms with Crippen LogP contribution in [0.25, 0.3) is 0 Å². The van der Waals surface area contributed by atoms with Crippen LogP contribution < -0.4 is 14.4 Å². The Morgan fingerprint density at radius 3 is 2.41 bits per heavy atom. The summed E-state index contributed by atoms with van der Waals surface area (Å²) in [6.45, 7) is 3.12. The first-order valence-electron chi connectivity index (χ1n) is 12.9. The predicted molar refractivity (Wildman–Crippen MR) is 148 cm³/mol. The standard InChI is InChI=1S/C27H36N4O7S/c1-5-23(27(33)28-21-12-8-9-13-21)29(17-20-11-7-6-10-19(20)2)26(32)18-30(39(4,36)37)24-16-22(31(34)35)14-15-25(24)38-3/h6-7,10-11,14-16,21,23H,5,8-9,12-13,17-18H2,1-4H3,(H,28,33)/t23-/m0/s1. The zero-order chi connectivity index (χ0) is 28.7. The fourth-order valence-electron chi connectivity index (χ4n) is 4.84. The molecule has 39 heavy (non-hydrogen) atoms. The molecule has 0 unspecified atom stereocenters. The molecule has 2 aromatic rings. The Bertz CT molecular complexity index is 1310. The van der Waals surface area contributed by atoms with Gasteiger partial charge in [-0.05, 0) is 43.4 Å². The first-order chi connectivity index (χ1) is 18.5. The Morgan fingerprint density at radius 1 is 1.18 bits per heavy atom. The van der Waals surface area contributed by atoms with Crippen LogP contribution in [0.4, 0.5) is 11.4 Å². The van der Waals surface area contributed by atoms with Gasteiger partial charge in [-0.2, -0.15) is 0 Å². The number of sulfonamides is 1. The maximum absolute atomic E-state index is 13.9. The Balaban J connectivity index is 2.02. The molecule has 1 fully saturated rings. The molecule has 11 nitrogen and oxygen atoms in total. The summed E-state index contributed by atoms with van der Waals surface area (Å²) < 4.78 is 31.9. The van der Waals surface area contributed by atoms with E-state index < -0.39 is 33.4 Å². The van der Waals surface area contributed by atoms with Crippen molar-refractivity contribution in [1.29, 1.82) is 0 Å². The van der Waals surface area contributed by atoms with E-state index in [4.69, 9.17) is 4.74 Å². The van der Waals surface area contributed by atoms with Gasteiger partial charge in [-0.15, -0.1) is 0 Å². The third-order valence-corrected chi connectivity index (χ3v) is 8.14. The number of aryl methyl sites for hydroxylation is 1. The van der Waals surface area contributed by atoms with E-state index in [1.807, 2.05) is 31.2 Å². The van der Waals surface area contributed by atoms with Gasteiger partial charge in [0.15, 0.2) is 0 Å². The second kappa shape index (κ2) is 12.9. The molecule has 0 heterocycles. The van der Waals surface area contributed by atoms with Crippen LogP contribution >= 0.6 is 0 Å². The first kappa shape index (κ1) is 29.9. The maximum atomic E-state index is 13.9. The van der Waals surface area contributed by atoms with Crippen molar-refractivity contribution >= 4 is 33.2 Å². The van der Waals surface area contributed by atoms with Gasteiger partial charge in [0.2, 0.25) is 21.8 Å². The summed E-state index contributed by atoms with van der Waals surface area (Å²) in [6.07, 6.45) is 5.04. The molecule has 0 bridgehead atoms. The predicted octanol–water partition coefficient (Wildman–Crippen LogP) is 3.54. The van der Waals surface area contributed by atoms with E-state index >= 15 is 0 Å². The largest absolute Gasteiger partial charge is 0.495 e. The molecule has 3 rings (SSSR count). The molecule has 2 amide bonds. The molecule has 1 aliphatic carbocycles. The van der Waals surface area contributed by atoms with Crippen molar-refractivity contribution < 1.29 is 27.7 Å². The summed E-state index contributed by atoms with van der Waals surface area (Å²) in [7, 11) is -2.79. The van der Waals surface area contributed by atoms with E-state index in [1.165, 1.54) is 24.1 Å². The van der Waals surface area contributed by atoms with Crippen molar-refractivity contribution in [3.63, 3.8) is 0 Å². The van der Waals surface area contributed by atoms with Crippen molar-refractivity contribution in [2.24, 2.45) is 0 Å². The van der Waals surface area contributed by atoms with E-state index in [-0.39, 0.29) is 35.6 Å². The number of rotatable bonds is 12. The van der Waals surface area contributed by atoms with E-state index in [9.17, 15) is 28.1 Å². The van der Waals surface area contributed by atoms with Crippen LogP contribution in [0.5, 0.6) is 5.75 Å².